The number of aromatic nitrogens is 10. The first kappa shape index (κ1) is 81.0. The highest BCUT2D eigenvalue weighted by atomic mass is 32.1. The molecular formula is C86H99N13O11S4. The van der Waals surface area contributed by atoms with Gasteiger partial charge in [0.25, 0.3) is 5.91 Å². The molecule has 1 amide bonds. The Balaban J connectivity index is 0.000000117. The third-order valence-corrected chi connectivity index (χ3v) is 28.8. The first-order valence-electron chi connectivity index (χ1n) is 39.2. The quantitative estimate of drug-likeness (QED) is 0.0754. The van der Waals surface area contributed by atoms with E-state index in [9.17, 15) is 38.4 Å². The van der Waals surface area contributed by atoms with Crippen LogP contribution >= 0.6 is 45.3 Å². The lowest BCUT2D eigenvalue weighted by Gasteiger charge is -2.54. The lowest BCUT2D eigenvalue weighted by molar-refractivity contribution is -0.124. The standard InChI is InChI=1S/C23H28N2O2S.C22H25NO3S.C14H11N3O3S.C10H17N.C9H8N2O2S.C7H6N4O.CH4/c1-25(2)23(27)15-3-4-20-21(10-15)28-22(24-20)12-18(26)11-19-16-6-13-5-14(8-16)9-17(19)7-13;1-26-22(25)14-2-3-19-20(9-14)27-21(23-19)11-17(24)10-18-15-5-12-4-13(7-15)8-16(18)6-12;1-20-14(19)9-2-3-10-11(6-9)21-12(16-10)7-13(18)17-5-4-15-8-17;11-10-8-2-6-1-7(4-8)5-9(10)3-6;1-13-8(12)5-2-3-6-7(4-5)14-9(10)11-6;12-7(10-3-1-8-5-10)11-4-2-9-6-11;/h3-4,10,13-14,16-17,19H,5-9,11-12H2,1-2H3;2-3,9,12-13,15-16,18H,4-8,10-11H2,1H3;2-6,8H,7H2,1H3;6-10H,1-5,11H2;2-4H,1H3,(H2,10,11);1-6H;1H4. The number of thiazole rings is 4. The Morgan fingerprint density at radius 1 is 0.421 bits per heavy atom. The number of esters is 3. The number of nitrogens with two attached hydrogens (primary N) is 2. The second-order valence-corrected chi connectivity index (χ2v) is 37.0. The molecule has 12 bridgehead atoms. The number of benzene rings is 4. The van der Waals surface area contributed by atoms with E-state index in [4.69, 9.17) is 16.2 Å². The maximum absolute atomic E-state index is 12.9. The molecule has 11 aromatic rings. The summed E-state index contributed by atoms with van der Waals surface area (Å²) < 4.78 is 21.9. The van der Waals surface area contributed by atoms with Crippen LogP contribution in [0, 0.1) is 82.9 Å². The van der Waals surface area contributed by atoms with E-state index in [-0.39, 0.29) is 49.6 Å². The molecule has 12 aliphatic carbocycles. The normalized spacial score (nSPS) is 25.1. The number of ether oxygens (including phenoxy) is 3. The largest absolute Gasteiger partial charge is 0.465 e. The van der Waals surface area contributed by atoms with Crippen LogP contribution in [-0.4, -0.2) is 142 Å². The summed E-state index contributed by atoms with van der Waals surface area (Å²) in [7, 11) is 7.59. The number of anilines is 1. The number of Topliss-reactive ketones (excluding diaryl/α,β-unsaturated/α-hetero) is 2. The van der Waals surface area contributed by atoms with Crippen molar-refractivity contribution in [3.05, 3.63) is 166 Å². The minimum Gasteiger partial charge on any atom is -0.465 e. The van der Waals surface area contributed by atoms with Gasteiger partial charge in [-0.1, -0.05) is 18.8 Å². The number of amides is 1. The number of carbonyl (C=O) groups excluding carboxylic acids is 8. The molecule has 0 saturated heterocycles. The topological polar surface area (TPSA) is 325 Å². The van der Waals surface area contributed by atoms with Gasteiger partial charge in [0.05, 0.1) is 98.1 Å². The first-order valence-corrected chi connectivity index (χ1v) is 42.5. The molecule has 12 saturated carbocycles. The number of hydrogen-bond acceptors (Lipinski definition) is 24. The van der Waals surface area contributed by atoms with E-state index in [0.717, 1.165) is 135 Å². The molecule has 12 aliphatic rings. The molecule has 7 heterocycles. The third kappa shape index (κ3) is 18.7. The number of nitrogen functional groups attached to an aromatic ring is 1. The predicted octanol–water partition coefficient (Wildman–Crippen LogP) is 16.1. The van der Waals surface area contributed by atoms with Crippen molar-refractivity contribution >= 4 is 139 Å². The third-order valence-electron chi connectivity index (χ3n) is 24.9. The maximum Gasteiger partial charge on any atom is 0.338 e. The molecule has 7 aromatic heterocycles. The van der Waals surface area contributed by atoms with Gasteiger partial charge in [0, 0.05) is 75.7 Å². The van der Waals surface area contributed by atoms with E-state index < -0.39 is 0 Å². The molecule has 0 atom stereocenters. The van der Waals surface area contributed by atoms with E-state index in [1.807, 2.05) is 30.3 Å². The summed E-state index contributed by atoms with van der Waals surface area (Å²) in [6.07, 6.45) is 37.6. The van der Waals surface area contributed by atoms with Gasteiger partial charge in [-0.25, -0.2) is 54.1 Å². The lowest BCUT2D eigenvalue weighted by Crippen LogP contribution is -2.52. The Labute approximate surface area is 678 Å². The first-order chi connectivity index (χ1) is 54.6. The van der Waals surface area contributed by atoms with Gasteiger partial charge in [0.15, 0.2) is 5.13 Å². The van der Waals surface area contributed by atoms with Gasteiger partial charge in [0.2, 0.25) is 5.91 Å². The second kappa shape index (κ2) is 35.6. The van der Waals surface area contributed by atoms with Gasteiger partial charge in [-0.15, -0.1) is 34.0 Å². The van der Waals surface area contributed by atoms with Gasteiger partial charge in [-0.2, -0.15) is 0 Å². The number of nitrogens with zero attached hydrogens (tertiary/aromatic N) is 11. The van der Waals surface area contributed by atoms with Crippen molar-refractivity contribution in [3.8, 4) is 0 Å². The smallest absolute Gasteiger partial charge is 0.338 e. The van der Waals surface area contributed by atoms with Crippen LogP contribution in [0.1, 0.15) is 178 Å². The van der Waals surface area contributed by atoms with Crippen molar-refractivity contribution < 1.29 is 52.6 Å². The highest BCUT2D eigenvalue weighted by Gasteiger charge is 2.50. The summed E-state index contributed by atoms with van der Waals surface area (Å²) in [6.45, 7) is 0. The average Bonchev–Trinajstić information content (AvgIpc) is 1.02. The molecule has 24 nitrogen and oxygen atoms in total. The second-order valence-electron chi connectivity index (χ2n) is 32.6. The van der Waals surface area contributed by atoms with Crippen LogP contribution in [0.3, 0.4) is 0 Å². The Bertz CT molecular complexity index is 5160. The molecule has 0 unspecified atom stereocenters. The number of rotatable bonds is 14. The van der Waals surface area contributed by atoms with E-state index in [1.54, 1.807) is 116 Å². The van der Waals surface area contributed by atoms with Crippen molar-refractivity contribution in [1.82, 2.24) is 53.5 Å². The SMILES string of the molecule is C.CN(C)C(=O)c1ccc2nc(CC(=O)CC3C4CC5CC(C4)CC3C5)sc2c1.COC(=O)c1ccc2nc(CC(=O)CC3C4CC5CC(C4)CC3C5)sc2c1.COC(=O)c1ccc2nc(CC(=O)n3ccnc3)sc2c1.COC(=O)c1ccc2nc(N)sc2c1.NC1C2CC3CC(C2)CC1C3.O=C(n1ccnc1)n1ccnc1. The van der Waals surface area contributed by atoms with Gasteiger partial charge in [-0.05, 0) is 252 Å². The molecule has 598 valence electrons. The Morgan fingerprint density at radius 2 is 0.737 bits per heavy atom. The highest BCUT2D eigenvalue weighted by Crippen LogP contribution is 2.59. The zero-order chi connectivity index (χ0) is 78.7. The number of imidazole rings is 3. The van der Waals surface area contributed by atoms with Crippen molar-refractivity contribution in [2.45, 2.75) is 142 Å². The van der Waals surface area contributed by atoms with Gasteiger partial charge >= 0.3 is 23.9 Å². The zero-order valence-corrected chi connectivity index (χ0v) is 67.4. The van der Waals surface area contributed by atoms with E-state index in [2.05, 4.69) is 44.4 Å². The van der Waals surface area contributed by atoms with Crippen molar-refractivity contribution in [1.29, 1.82) is 0 Å². The average molecular weight is 1620 g/mol. The van der Waals surface area contributed by atoms with Crippen LogP contribution in [-0.2, 0) is 43.1 Å². The highest BCUT2D eigenvalue weighted by molar-refractivity contribution is 7.22. The summed E-state index contributed by atoms with van der Waals surface area (Å²) in [4.78, 5) is 126. The van der Waals surface area contributed by atoms with Crippen LogP contribution in [0.25, 0.3) is 40.9 Å². The fourth-order valence-electron chi connectivity index (χ4n) is 20.4. The van der Waals surface area contributed by atoms with Crippen molar-refractivity contribution in [2.75, 3.05) is 41.2 Å². The number of fused-ring (bicyclic) bond motifs is 4. The summed E-state index contributed by atoms with van der Waals surface area (Å²) in [5.41, 5.74) is 17.2. The molecule has 0 spiro atoms. The van der Waals surface area contributed by atoms with Crippen LogP contribution in [0.4, 0.5) is 9.93 Å². The minimum atomic E-state index is -0.388. The molecule has 0 aliphatic heterocycles. The predicted molar refractivity (Wildman–Crippen MR) is 442 cm³/mol. The Kier molecular flexibility index (Phi) is 25.3. The molecule has 4 aromatic carbocycles. The fourth-order valence-corrected chi connectivity index (χ4v) is 24.3. The van der Waals surface area contributed by atoms with Crippen LogP contribution < -0.4 is 11.5 Å². The molecule has 0 radical (unpaired) electrons. The van der Waals surface area contributed by atoms with E-state index in [0.29, 0.717) is 74.7 Å². The van der Waals surface area contributed by atoms with Crippen LogP contribution in [0.15, 0.2) is 129 Å². The Morgan fingerprint density at radius 3 is 1.08 bits per heavy atom. The molecule has 28 heteroatoms. The molecule has 12 fully saturated rings. The summed E-state index contributed by atoms with van der Waals surface area (Å²) in [5, 5.41) is 2.95. The number of methoxy groups -OCH3 is 3. The number of carbonyl (C=O) groups is 8. The summed E-state index contributed by atoms with van der Waals surface area (Å²) >= 11 is 5.82. The molecular weight excluding hydrogens is 1520 g/mol. The van der Waals surface area contributed by atoms with Gasteiger partial charge in [0.1, 0.15) is 45.6 Å². The van der Waals surface area contributed by atoms with E-state index >= 15 is 0 Å². The zero-order valence-electron chi connectivity index (χ0n) is 64.1. The van der Waals surface area contributed by atoms with Crippen LogP contribution in [0.5, 0.6) is 0 Å². The van der Waals surface area contributed by atoms with Gasteiger partial charge in [-0.3, -0.25) is 32.9 Å². The lowest BCUT2D eigenvalue weighted by atomic mass is 9.51. The monoisotopic (exact) mass is 1620 g/mol. The van der Waals surface area contributed by atoms with E-state index in [1.165, 1.54) is 178 Å². The minimum absolute atomic E-state index is 0. The number of ketones is 2. The van der Waals surface area contributed by atoms with Gasteiger partial charge < -0.3 is 30.6 Å². The Hall–Kier alpha value is -9.61. The number of hydrogen-bond donors (Lipinski definition) is 2. The molecule has 23 rings (SSSR count). The summed E-state index contributed by atoms with van der Waals surface area (Å²) in [6, 6.07) is 21.7. The molecule has 114 heavy (non-hydrogen) atoms. The molecule has 4 N–H and O–H groups in total. The van der Waals surface area contributed by atoms with Crippen molar-refractivity contribution in [2.24, 2.45) is 88.6 Å². The maximum atomic E-state index is 12.9. The van der Waals surface area contributed by atoms with Crippen molar-refractivity contribution in [3.63, 3.8) is 0 Å². The fraction of sp³-hybridized carbons (Fsp3) is 0.477. The summed E-state index contributed by atoms with van der Waals surface area (Å²) in [5.74, 6) is 11.8. The van der Waals surface area contributed by atoms with Crippen LogP contribution in [0.2, 0.25) is 0 Å².